The van der Waals surface area contributed by atoms with Crippen LogP contribution in [-0.4, -0.2) is 46.7 Å². The van der Waals surface area contributed by atoms with Gasteiger partial charge in [0.05, 0.1) is 7.98 Å². The normalized spacial score (nSPS) is 16.1. The summed E-state index contributed by atoms with van der Waals surface area (Å²) in [5.74, 6) is -0.195. The molecule has 0 aromatic heterocycles. The van der Waals surface area contributed by atoms with Gasteiger partial charge in [-0.3, -0.25) is 0 Å². The largest absolute Gasteiger partial charge is 1.00 e. The zero-order valence-electron chi connectivity index (χ0n) is 16.9. The number of hydrogen-bond acceptors (Lipinski definition) is 5. The van der Waals surface area contributed by atoms with Crippen molar-refractivity contribution in [3.05, 3.63) is 35.9 Å². The molecule has 1 heterocycles. The van der Waals surface area contributed by atoms with E-state index in [0.29, 0.717) is 10.7 Å². The summed E-state index contributed by atoms with van der Waals surface area (Å²) in [5.41, 5.74) is 0.411. The second-order valence-corrected chi connectivity index (χ2v) is 7.60. The first kappa shape index (κ1) is 21.5. The van der Waals surface area contributed by atoms with Gasteiger partial charge < -0.3 is 31.8 Å². The van der Waals surface area contributed by atoms with Crippen LogP contribution in [0.15, 0.2) is 35.3 Å². The highest BCUT2D eigenvalue weighted by Gasteiger charge is 2.35. The van der Waals surface area contributed by atoms with Gasteiger partial charge in [0.25, 0.3) is 0 Å². The minimum atomic E-state index is -1.55. The van der Waals surface area contributed by atoms with Crippen LogP contribution >= 0.6 is 0 Å². The van der Waals surface area contributed by atoms with Crippen molar-refractivity contribution < 1.29 is 37.4 Å². The summed E-state index contributed by atoms with van der Waals surface area (Å²) in [6.45, 7) is 7.24. The number of carbonyl (C=O) groups is 2. The molecule has 0 spiro atoms. The summed E-state index contributed by atoms with van der Waals surface area (Å²) in [6, 6.07) is 7.80. The van der Waals surface area contributed by atoms with E-state index >= 15 is 0 Å². The maximum absolute atomic E-state index is 12.3. The number of aliphatic imine (C=N–C) groups is 1. The minimum absolute atomic E-state index is 0. The van der Waals surface area contributed by atoms with Gasteiger partial charge in [-0.25, -0.2) is 9.59 Å². The van der Waals surface area contributed by atoms with Gasteiger partial charge in [0.2, 0.25) is 17.1 Å². The van der Waals surface area contributed by atoms with Gasteiger partial charge in [0.15, 0.2) is 5.71 Å². The Hall–Kier alpha value is -1.80. The number of carbonyl (C=O) groups excluding carboxylic acids is 2. The number of esters is 1. The molecule has 1 aliphatic heterocycles. The van der Waals surface area contributed by atoms with Crippen molar-refractivity contribution in [1.82, 2.24) is 5.32 Å². The zero-order chi connectivity index (χ0) is 20.1. The molecule has 27 heavy (non-hydrogen) atoms. The topological polar surface area (TPSA) is 77.0 Å². The molecule has 0 saturated carbocycles. The lowest BCUT2D eigenvalue weighted by molar-refractivity contribution is -0.135. The van der Waals surface area contributed by atoms with E-state index < -0.39 is 23.7 Å². The average Bonchev–Trinajstić information content (AvgIpc) is 3.05. The second kappa shape index (κ2) is 10.5. The Labute approximate surface area is 175 Å². The van der Waals surface area contributed by atoms with Crippen LogP contribution in [0.5, 0.6) is 0 Å². The molecule has 1 aromatic carbocycles. The smallest absolute Gasteiger partial charge is 0.408 e. The molecule has 1 aromatic rings. The van der Waals surface area contributed by atoms with Crippen molar-refractivity contribution in [3.8, 4) is 0 Å². The lowest BCUT2D eigenvalue weighted by atomic mass is 10.1. The first-order valence-electron chi connectivity index (χ1n) is 8.93. The number of amides is 1. The standard InChI is InChI=1S/C19H24N2O4S.BrH/c1-5-24-17(22)15-12-26-16(20-15)14(11-13-9-7-6-8-10-13)21-18(23)25-19(2,3)4;/h6-10,14H,5,11-12H2,1-4H3;1H/t14-;/m0./s1/i14D;. The number of ether oxygens (including phenoxy) is 2. The fraction of sp³-hybridized carbons (Fsp3) is 0.474. The van der Waals surface area contributed by atoms with Gasteiger partial charge in [0, 0.05) is 6.42 Å². The molecule has 2 rings (SSSR count). The fourth-order valence-electron chi connectivity index (χ4n) is 2.20. The summed E-state index contributed by atoms with van der Waals surface area (Å²) in [6.07, 6.45) is -0.518. The van der Waals surface area contributed by atoms with E-state index in [0.717, 1.165) is 5.56 Å². The fourth-order valence-corrected chi connectivity index (χ4v) is 3.13. The number of alkyl carbamates (subject to hydrolysis) is 1. The molecule has 0 saturated heterocycles. The highest BCUT2D eigenvalue weighted by atomic mass is 79.9. The molecular weight excluding hydrogens is 432 g/mol. The van der Waals surface area contributed by atoms with Crippen LogP contribution in [0, 0.1) is 0 Å². The quantitative estimate of drug-likeness (QED) is 0.350. The second-order valence-electron chi connectivity index (χ2n) is 6.64. The van der Waals surface area contributed by atoms with Crippen molar-refractivity contribution >= 4 is 34.1 Å². The Morgan fingerprint density at radius 2 is 2.00 bits per heavy atom. The molecule has 1 N–H and O–H groups in total. The van der Waals surface area contributed by atoms with Crippen LogP contribution in [0.1, 0.15) is 34.6 Å². The van der Waals surface area contributed by atoms with E-state index in [-0.39, 0.29) is 35.7 Å². The van der Waals surface area contributed by atoms with Crippen molar-refractivity contribution in [3.63, 3.8) is 0 Å². The highest BCUT2D eigenvalue weighted by molar-refractivity contribution is 7.80. The molecule has 6 nitrogen and oxygen atoms in total. The van der Waals surface area contributed by atoms with Crippen LogP contribution < -0.4 is 22.3 Å². The van der Waals surface area contributed by atoms with E-state index in [9.17, 15) is 9.59 Å². The van der Waals surface area contributed by atoms with E-state index in [4.69, 9.17) is 10.8 Å². The molecule has 0 aliphatic carbocycles. The van der Waals surface area contributed by atoms with Gasteiger partial charge in [-0.2, -0.15) is 4.99 Å². The summed E-state index contributed by atoms with van der Waals surface area (Å²) in [4.78, 5) is 28.9. The molecule has 148 valence electrons. The Balaban J connectivity index is 0.00000392. The van der Waals surface area contributed by atoms with Crippen LogP contribution in [0.25, 0.3) is 0 Å². The molecule has 1 aliphatic rings. The Morgan fingerprint density at radius 1 is 1.33 bits per heavy atom. The molecule has 0 unspecified atom stereocenters. The first-order chi connectivity index (χ1) is 12.6. The van der Waals surface area contributed by atoms with Gasteiger partial charge in [0.1, 0.15) is 11.6 Å². The van der Waals surface area contributed by atoms with E-state index in [2.05, 4.69) is 10.3 Å². The van der Waals surface area contributed by atoms with Crippen LogP contribution in [0.2, 0.25) is 0 Å². The SMILES string of the molecule is [2H][C@@](Cc1ccccc1)(NC(=O)OC(C)(C)C)C1=[S+]CC(C(=O)OCC)=N1.[Br-]. The average molecular weight is 458 g/mol. The Kier molecular flexibility index (Phi) is 8.37. The third-order valence-corrected chi connectivity index (χ3v) is 4.26. The zero-order valence-corrected chi connectivity index (χ0v) is 18.3. The van der Waals surface area contributed by atoms with Gasteiger partial charge in [-0.15, -0.1) is 0 Å². The number of rotatable bonds is 6. The summed E-state index contributed by atoms with van der Waals surface area (Å²) in [7, 11) is 0. The van der Waals surface area contributed by atoms with E-state index in [1.54, 1.807) is 27.7 Å². The number of hydrogen-bond donors (Lipinski definition) is 1. The van der Waals surface area contributed by atoms with Crippen LogP contribution in [0.4, 0.5) is 4.79 Å². The van der Waals surface area contributed by atoms with Gasteiger partial charge >= 0.3 is 17.1 Å². The molecule has 0 radical (unpaired) electrons. The lowest BCUT2D eigenvalue weighted by Gasteiger charge is -2.21. The molecule has 0 fully saturated rings. The first-order valence-corrected chi connectivity index (χ1v) is 9.41. The van der Waals surface area contributed by atoms with E-state index in [1.165, 1.54) is 11.4 Å². The van der Waals surface area contributed by atoms with Crippen molar-refractivity contribution in [2.24, 2.45) is 4.99 Å². The van der Waals surface area contributed by atoms with Gasteiger partial charge in [-0.05, 0) is 33.3 Å². The molecule has 0 bridgehead atoms. The van der Waals surface area contributed by atoms with Crippen LogP contribution in [-0.2, 0) is 32.0 Å². The predicted octanol–water partition coefficient (Wildman–Crippen LogP) is -0.643. The van der Waals surface area contributed by atoms with Crippen LogP contribution in [0.3, 0.4) is 0 Å². The summed E-state index contributed by atoms with van der Waals surface area (Å²) in [5, 5.41) is 2.62. The monoisotopic (exact) mass is 457 g/mol. The third kappa shape index (κ3) is 7.76. The number of halogens is 1. The number of nitrogens with zero attached hydrogens (tertiary/aromatic N) is 1. The lowest BCUT2D eigenvalue weighted by Crippen LogP contribution is -3.00. The Bertz CT molecular complexity index is 765. The molecular formula is C19H25BrN2O4S. The van der Waals surface area contributed by atoms with Crippen molar-refractivity contribution in [2.45, 2.75) is 45.7 Å². The summed E-state index contributed by atoms with van der Waals surface area (Å²) >= 11 is 1.25. The van der Waals surface area contributed by atoms with Gasteiger partial charge in [-0.1, -0.05) is 30.3 Å². The summed E-state index contributed by atoms with van der Waals surface area (Å²) < 4.78 is 19.2. The minimum Gasteiger partial charge on any atom is -1.00 e. The maximum atomic E-state index is 12.3. The highest BCUT2D eigenvalue weighted by Crippen LogP contribution is 2.11. The van der Waals surface area contributed by atoms with Crippen molar-refractivity contribution in [1.29, 1.82) is 0 Å². The third-order valence-electron chi connectivity index (χ3n) is 3.23. The number of benzene rings is 1. The maximum Gasteiger partial charge on any atom is 0.408 e. The number of nitrogens with one attached hydrogen (secondary N) is 1. The Morgan fingerprint density at radius 3 is 2.59 bits per heavy atom. The molecule has 1 atom stereocenters. The molecule has 8 heteroatoms. The predicted molar refractivity (Wildman–Crippen MR) is 105 cm³/mol. The molecule has 1 amide bonds. The van der Waals surface area contributed by atoms with Crippen molar-refractivity contribution in [2.75, 3.05) is 12.4 Å². The van der Waals surface area contributed by atoms with E-state index in [1.807, 2.05) is 30.3 Å².